The smallest absolute Gasteiger partial charge is 0.184 e. The molecule has 0 aromatic heterocycles. The molecular formula is C17H18ClN3. The van der Waals surface area contributed by atoms with E-state index in [0.717, 1.165) is 24.3 Å². The van der Waals surface area contributed by atoms with Crippen LogP contribution in [0, 0.1) is 22.8 Å². The van der Waals surface area contributed by atoms with Crippen molar-refractivity contribution in [2.45, 2.75) is 39.2 Å². The Hall–Kier alpha value is -1.53. The van der Waals surface area contributed by atoms with Crippen molar-refractivity contribution in [1.29, 1.82) is 5.26 Å². The maximum atomic E-state index is 9.62. The van der Waals surface area contributed by atoms with E-state index in [1.807, 2.05) is 4.90 Å². The number of rotatable bonds is 0. The molecule has 4 rings (SSSR count). The molecule has 3 unspecified atom stereocenters. The third kappa shape index (κ3) is 1.57. The van der Waals surface area contributed by atoms with Crippen LogP contribution in [0.5, 0.6) is 0 Å². The van der Waals surface area contributed by atoms with E-state index in [-0.39, 0.29) is 11.5 Å². The van der Waals surface area contributed by atoms with E-state index in [0.29, 0.717) is 12.5 Å². The quantitative estimate of drug-likeness (QED) is 0.639. The molecule has 5 bridgehead atoms. The highest BCUT2D eigenvalue weighted by Gasteiger charge is 2.51. The Kier molecular flexibility index (Phi) is 2.65. The van der Waals surface area contributed by atoms with Crippen molar-refractivity contribution in [2.24, 2.45) is 16.3 Å². The van der Waals surface area contributed by atoms with Gasteiger partial charge in [0.05, 0.1) is 12.6 Å². The van der Waals surface area contributed by atoms with E-state index in [9.17, 15) is 5.26 Å². The lowest BCUT2D eigenvalue weighted by atomic mass is 9.66. The Morgan fingerprint density at radius 1 is 1.48 bits per heavy atom. The first-order valence-corrected chi connectivity index (χ1v) is 7.96. The zero-order chi connectivity index (χ0) is 14.8. The molecule has 4 aliphatic rings. The van der Waals surface area contributed by atoms with Gasteiger partial charge in [0.25, 0.3) is 0 Å². The molecule has 108 valence electrons. The molecule has 0 N–H and O–H groups in total. The maximum Gasteiger partial charge on any atom is 0.184 e. The van der Waals surface area contributed by atoms with Gasteiger partial charge >= 0.3 is 0 Å². The van der Waals surface area contributed by atoms with Crippen LogP contribution in [0.3, 0.4) is 0 Å². The normalized spacial score (nSPS) is 41.2. The number of hydrogen-bond acceptors (Lipinski definition) is 3. The minimum atomic E-state index is -0.0725. The number of likely N-dealkylation sites (tertiary alicyclic amines) is 1. The van der Waals surface area contributed by atoms with Gasteiger partial charge < -0.3 is 0 Å². The van der Waals surface area contributed by atoms with Crippen LogP contribution in [-0.4, -0.2) is 23.7 Å². The second-order valence-electron chi connectivity index (χ2n) is 6.69. The number of halogens is 1. The molecule has 0 saturated heterocycles. The highest BCUT2D eigenvalue weighted by atomic mass is 35.5. The zero-order valence-electron chi connectivity index (χ0n) is 12.4. The molecule has 21 heavy (non-hydrogen) atoms. The topological polar surface area (TPSA) is 39.4 Å². The molecule has 0 aromatic rings. The van der Waals surface area contributed by atoms with E-state index in [1.54, 1.807) is 0 Å². The van der Waals surface area contributed by atoms with Crippen molar-refractivity contribution in [2.75, 3.05) is 6.54 Å². The number of allylic oxidation sites excluding steroid dienone is 4. The molecule has 2 aliphatic carbocycles. The Bertz CT molecular complexity index is 691. The predicted molar refractivity (Wildman–Crippen MR) is 83.7 cm³/mol. The Morgan fingerprint density at radius 3 is 3.05 bits per heavy atom. The highest BCUT2D eigenvalue weighted by molar-refractivity contribution is 6.30. The van der Waals surface area contributed by atoms with Gasteiger partial charge in [0.15, 0.2) is 6.19 Å². The van der Waals surface area contributed by atoms with Gasteiger partial charge in [0, 0.05) is 22.4 Å². The van der Waals surface area contributed by atoms with Crippen molar-refractivity contribution >= 4 is 17.8 Å². The van der Waals surface area contributed by atoms with Gasteiger partial charge in [-0.15, -0.1) is 0 Å². The largest absolute Gasteiger partial charge is 0.291 e. The molecule has 3 atom stereocenters. The minimum absolute atomic E-state index is 0.0725. The molecule has 2 heterocycles. The molecule has 0 spiro atoms. The molecule has 0 aromatic carbocycles. The summed E-state index contributed by atoms with van der Waals surface area (Å²) in [5, 5.41) is 10.4. The number of nitriles is 1. The van der Waals surface area contributed by atoms with Gasteiger partial charge in [0.1, 0.15) is 0 Å². The van der Waals surface area contributed by atoms with Crippen molar-refractivity contribution < 1.29 is 0 Å². The van der Waals surface area contributed by atoms with Crippen LogP contribution in [0.1, 0.15) is 33.1 Å². The summed E-state index contributed by atoms with van der Waals surface area (Å²) in [7, 11) is 0. The van der Waals surface area contributed by atoms with Gasteiger partial charge in [-0.1, -0.05) is 31.0 Å². The van der Waals surface area contributed by atoms with Crippen molar-refractivity contribution in [3.8, 4) is 6.19 Å². The lowest BCUT2D eigenvalue weighted by Crippen LogP contribution is -2.44. The van der Waals surface area contributed by atoms with E-state index >= 15 is 0 Å². The van der Waals surface area contributed by atoms with E-state index in [2.05, 4.69) is 37.3 Å². The van der Waals surface area contributed by atoms with Crippen LogP contribution >= 0.6 is 11.6 Å². The summed E-state index contributed by atoms with van der Waals surface area (Å²) in [6.45, 7) is 5.12. The fourth-order valence-electron chi connectivity index (χ4n) is 4.52. The van der Waals surface area contributed by atoms with Crippen LogP contribution in [0.25, 0.3) is 0 Å². The Morgan fingerprint density at radius 2 is 2.29 bits per heavy atom. The van der Waals surface area contributed by atoms with Gasteiger partial charge in [-0.05, 0) is 42.4 Å². The fourth-order valence-corrected chi connectivity index (χ4v) is 4.70. The second kappa shape index (κ2) is 4.24. The third-order valence-corrected chi connectivity index (χ3v) is 6.06. The van der Waals surface area contributed by atoms with E-state index < -0.39 is 0 Å². The first-order valence-electron chi connectivity index (χ1n) is 7.58. The monoisotopic (exact) mass is 299 g/mol. The van der Waals surface area contributed by atoms with Gasteiger partial charge in [0.2, 0.25) is 0 Å². The van der Waals surface area contributed by atoms with Crippen LogP contribution < -0.4 is 0 Å². The van der Waals surface area contributed by atoms with Crippen LogP contribution in [0.15, 0.2) is 38.5 Å². The Balaban J connectivity index is 2.05. The summed E-state index contributed by atoms with van der Waals surface area (Å²) >= 11 is 6.33. The number of hydrogen-bond donors (Lipinski definition) is 0. The molecule has 0 fully saturated rings. The molecule has 2 aliphatic heterocycles. The summed E-state index contributed by atoms with van der Waals surface area (Å²) in [5.41, 5.74) is 5.27. The van der Waals surface area contributed by atoms with Crippen LogP contribution in [0.4, 0.5) is 0 Å². The van der Waals surface area contributed by atoms with Crippen LogP contribution in [-0.2, 0) is 0 Å². The fraction of sp³-hybridized carbons (Fsp3) is 0.529. The number of aliphatic imine (C=N–C) groups is 1. The summed E-state index contributed by atoms with van der Waals surface area (Å²) in [4.78, 5) is 6.53. The zero-order valence-corrected chi connectivity index (χ0v) is 13.1. The standard InChI is InChI=1S/C17H18ClN3/c1-10-16-6-13-12-5-11(18)7-20-8-17(10,2)14(12)3-4-15(13)21(16)9-19/h5,8,10,16H,3-4,6-7H2,1-2H3/b11-5+,20-8-. The number of fused-ring (bicyclic) bond motifs is 1. The lowest BCUT2D eigenvalue weighted by molar-refractivity contribution is 0.198. The molecule has 3 nitrogen and oxygen atoms in total. The molecular weight excluding hydrogens is 282 g/mol. The predicted octanol–water partition coefficient (Wildman–Crippen LogP) is 3.75. The lowest BCUT2D eigenvalue weighted by Gasteiger charge is -2.44. The molecule has 4 heteroatoms. The summed E-state index contributed by atoms with van der Waals surface area (Å²) in [6, 6.07) is 0.259. The average Bonchev–Trinajstić information content (AvgIpc) is 2.81. The molecule has 0 saturated carbocycles. The first-order chi connectivity index (χ1) is 10.1. The van der Waals surface area contributed by atoms with Gasteiger partial charge in [-0.25, -0.2) is 0 Å². The first kappa shape index (κ1) is 13.2. The maximum absolute atomic E-state index is 9.62. The summed E-state index contributed by atoms with van der Waals surface area (Å²) in [5.74, 6) is 0.367. The number of nitrogens with zero attached hydrogens (tertiary/aromatic N) is 3. The summed E-state index contributed by atoms with van der Waals surface area (Å²) < 4.78 is 0. The Labute approximate surface area is 130 Å². The second-order valence-corrected chi connectivity index (χ2v) is 7.18. The van der Waals surface area contributed by atoms with Crippen molar-refractivity contribution in [1.82, 2.24) is 4.90 Å². The molecule has 0 radical (unpaired) electrons. The van der Waals surface area contributed by atoms with E-state index in [1.165, 1.54) is 22.4 Å². The average molecular weight is 300 g/mol. The third-order valence-electron chi connectivity index (χ3n) is 5.83. The SMILES string of the molecule is CC1C2CC3=C(CCC4=C3/C=C(/Cl)C/N=C\C41C)N2C#N. The summed E-state index contributed by atoms with van der Waals surface area (Å²) in [6.07, 6.45) is 9.58. The van der Waals surface area contributed by atoms with Gasteiger partial charge in [-0.2, -0.15) is 5.26 Å². The highest BCUT2D eigenvalue weighted by Crippen LogP contribution is 2.56. The van der Waals surface area contributed by atoms with Crippen LogP contribution in [0.2, 0.25) is 0 Å². The van der Waals surface area contributed by atoms with Crippen molar-refractivity contribution in [3.05, 3.63) is 33.5 Å². The molecule has 0 amide bonds. The van der Waals surface area contributed by atoms with Gasteiger partial charge in [-0.3, -0.25) is 9.89 Å². The van der Waals surface area contributed by atoms with Crippen molar-refractivity contribution in [3.63, 3.8) is 0 Å². The minimum Gasteiger partial charge on any atom is -0.291 e. The van der Waals surface area contributed by atoms with E-state index in [4.69, 9.17) is 11.6 Å².